The van der Waals surface area contributed by atoms with E-state index in [1.54, 1.807) is 0 Å². The SMILES string of the molecule is CC(C)C(N)C(=O)OC[C@@H]1O[C@H](n2ccc(N)nc2=O)CC1O. The van der Waals surface area contributed by atoms with E-state index in [9.17, 15) is 14.7 Å². The quantitative estimate of drug-likeness (QED) is 0.585. The number of hydrogen-bond acceptors (Lipinski definition) is 8. The van der Waals surface area contributed by atoms with Crippen molar-refractivity contribution in [1.82, 2.24) is 9.55 Å². The maximum absolute atomic E-state index is 11.8. The van der Waals surface area contributed by atoms with Crippen LogP contribution in [0.1, 0.15) is 26.5 Å². The number of ether oxygens (including phenoxy) is 2. The second-order valence-corrected chi connectivity index (χ2v) is 5.87. The standard InChI is InChI=1S/C14H22N4O5/c1-7(2)12(16)13(20)22-6-9-8(19)5-11(23-9)18-4-3-10(15)17-14(18)21/h3-4,7-9,11-12,19H,5-6,16H2,1-2H3,(H2,15,17,21)/t8?,9-,11-,12?/m0/s1. The molecule has 2 unspecified atom stereocenters. The van der Waals surface area contributed by atoms with Crippen LogP contribution in [0.2, 0.25) is 0 Å². The third-order valence-electron chi connectivity index (χ3n) is 3.75. The Morgan fingerprint density at radius 2 is 2.30 bits per heavy atom. The molecule has 1 fully saturated rings. The summed E-state index contributed by atoms with van der Waals surface area (Å²) in [5.41, 5.74) is 10.6. The lowest BCUT2D eigenvalue weighted by Crippen LogP contribution is -2.39. The zero-order valence-corrected chi connectivity index (χ0v) is 13.1. The summed E-state index contributed by atoms with van der Waals surface area (Å²) < 4.78 is 11.9. The Balaban J connectivity index is 1.96. The molecule has 0 amide bonds. The molecule has 1 aromatic rings. The molecule has 9 nitrogen and oxygen atoms in total. The number of anilines is 1. The van der Waals surface area contributed by atoms with Crippen LogP contribution < -0.4 is 17.2 Å². The second-order valence-electron chi connectivity index (χ2n) is 5.87. The summed E-state index contributed by atoms with van der Waals surface area (Å²) >= 11 is 0. The lowest BCUT2D eigenvalue weighted by molar-refractivity contribution is -0.152. The summed E-state index contributed by atoms with van der Waals surface area (Å²) in [5, 5.41) is 10.0. The predicted octanol–water partition coefficient (Wildman–Crippen LogP) is -1.000. The van der Waals surface area contributed by atoms with Gasteiger partial charge < -0.3 is 26.0 Å². The highest BCUT2D eigenvalue weighted by Crippen LogP contribution is 2.27. The van der Waals surface area contributed by atoms with Gasteiger partial charge in [-0.1, -0.05) is 13.8 Å². The van der Waals surface area contributed by atoms with Crippen LogP contribution >= 0.6 is 0 Å². The maximum atomic E-state index is 11.8. The summed E-state index contributed by atoms with van der Waals surface area (Å²) in [5.74, 6) is -0.493. The molecule has 128 valence electrons. The van der Waals surface area contributed by atoms with Crippen LogP contribution in [0.4, 0.5) is 5.82 Å². The lowest BCUT2D eigenvalue weighted by atomic mass is 10.1. The minimum Gasteiger partial charge on any atom is -0.462 e. The number of nitrogens with two attached hydrogens (primary N) is 2. The third-order valence-corrected chi connectivity index (χ3v) is 3.75. The van der Waals surface area contributed by atoms with Gasteiger partial charge in [0.15, 0.2) is 0 Å². The van der Waals surface area contributed by atoms with Gasteiger partial charge in [0.1, 0.15) is 30.8 Å². The van der Waals surface area contributed by atoms with Crippen molar-refractivity contribution in [2.24, 2.45) is 11.7 Å². The van der Waals surface area contributed by atoms with E-state index in [-0.39, 0.29) is 24.8 Å². The third kappa shape index (κ3) is 4.06. The molecule has 23 heavy (non-hydrogen) atoms. The molecule has 0 aromatic carbocycles. The van der Waals surface area contributed by atoms with Gasteiger partial charge in [-0.25, -0.2) is 4.79 Å². The summed E-state index contributed by atoms with van der Waals surface area (Å²) in [6, 6.07) is 0.736. The van der Waals surface area contributed by atoms with E-state index in [4.69, 9.17) is 20.9 Å². The van der Waals surface area contributed by atoms with Crippen molar-refractivity contribution < 1.29 is 19.4 Å². The number of aromatic nitrogens is 2. The molecular formula is C14H22N4O5. The molecule has 0 spiro atoms. The van der Waals surface area contributed by atoms with Gasteiger partial charge in [0.25, 0.3) is 0 Å². The monoisotopic (exact) mass is 326 g/mol. The van der Waals surface area contributed by atoms with Gasteiger partial charge in [-0.3, -0.25) is 9.36 Å². The number of hydrogen-bond donors (Lipinski definition) is 3. The van der Waals surface area contributed by atoms with Crippen molar-refractivity contribution in [3.05, 3.63) is 22.7 Å². The molecule has 1 aromatic heterocycles. The first-order valence-corrected chi connectivity index (χ1v) is 7.40. The molecule has 0 radical (unpaired) electrons. The maximum Gasteiger partial charge on any atom is 0.351 e. The minimum atomic E-state index is -0.868. The number of nitrogens with zero attached hydrogens (tertiary/aromatic N) is 2. The fourth-order valence-electron chi connectivity index (χ4n) is 2.21. The molecule has 2 heterocycles. The molecule has 4 atom stereocenters. The Kier molecular flexibility index (Phi) is 5.34. The Hall–Kier alpha value is -1.97. The summed E-state index contributed by atoms with van der Waals surface area (Å²) in [4.78, 5) is 27.1. The van der Waals surface area contributed by atoms with Crippen molar-refractivity contribution in [2.75, 3.05) is 12.3 Å². The first-order valence-electron chi connectivity index (χ1n) is 7.40. The fraction of sp³-hybridized carbons (Fsp3) is 0.643. The molecule has 5 N–H and O–H groups in total. The number of carbonyl (C=O) groups excluding carboxylic acids is 1. The van der Waals surface area contributed by atoms with Crippen molar-refractivity contribution in [1.29, 1.82) is 0 Å². The predicted molar refractivity (Wildman–Crippen MR) is 81.2 cm³/mol. The van der Waals surface area contributed by atoms with E-state index in [0.717, 1.165) is 0 Å². The number of carbonyl (C=O) groups is 1. The molecule has 0 aliphatic carbocycles. The largest absolute Gasteiger partial charge is 0.462 e. The van der Waals surface area contributed by atoms with Crippen molar-refractivity contribution in [2.45, 2.75) is 44.7 Å². The van der Waals surface area contributed by atoms with E-state index in [1.165, 1.54) is 16.8 Å². The van der Waals surface area contributed by atoms with Gasteiger partial charge in [0.05, 0.1) is 6.10 Å². The number of rotatable bonds is 5. The van der Waals surface area contributed by atoms with Crippen molar-refractivity contribution in [3.8, 4) is 0 Å². The second kappa shape index (κ2) is 7.07. The van der Waals surface area contributed by atoms with Gasteiger partial charge in [-0.15, -0.1) is 0 Å². The molecule has 0 saturated carbocycles. The first-order chi connectivity index (χ1) is 10.8. The highest BCUT2D eigenvalue weighted by Gasteiger charge is 2.36. The highest BCUT2D eigenvalue weighted by molar-refractivity contribution is 5.75. The van der Waals surface area contributed by atoms with Crippen LogP contribution in [0.25, 0.3) is 0 Å². The van der Waals surface area contributed by atoms with Gasteiger partial charge in [0, 0.05) is 12.6 Å². The lowest BCUT2D eigenvalue weighted by Gasteiger charge is -2.18. The van der Waals surface area contributed by atoms with Crippen molar-refractivity contribution >= 4 is 11.8 Å². The Morgan fingerprint density at radius 1 is 1.61 bits per heavy atom. The van der Waals surface area contributed by atoms with Crippen LogP contribution in [0.3, 0.4) is 0 Å². The Bertz CT molecular complexity index is 617. The van der Waals surface area contributed by atoms with Gasteiger partial charge in [-0.2, -0.15) is 4.98 Å². The number of aliphatic hydroxyl groups is 1. The average molecular weight is 326 g/mol. The van der Waals surface area contributed by atoms with E-state index in [0.29, 0.717) is 0 Å². The Labute approximate surface area is 133 Å². The smallest absolute Gasteiger partial charge is 0.351 e. The number of aliphatic hydroxyl groups excluding tert-OH is 1. The van der Waals surface area contributed by atoms with E-state index in [1.807, 2.05) is 13.8 Å². The number of esters is 1. The van der Waals surface area contributed by atoms with Crippen LogP contribution in [0.5, 0.6) is 0 Å². The molecule has 1 saturated heterocycles. The van der Waals surface area contributed by atoms with Crippen LogP contribution in [0, 0.1) is 5.92 Å². The molecule has 1 aliphatic heterocycles. The summed E-state index contributed by atoms with van der Waals surface area (Å²) in [7, 11) is 0. The normalized spacial score (nSPS) is 25.5. The van der Waals surface area contributed by atoms with Gasteiger partial charge in [0.2, 0.25) is 0 Å². The summed E-state index contributed by atoms with van der Waals surface area (Å²) in [6.07, 6.45) is -0.650. The van der Waals surface area contributed by atoms with E-state index >= 15 is 0 Å². The zero-order valence-electron chi connectivity index (χ0n) is 13.1. The topological polar surface area (TPSA) is 143 Å². The highest BCUT2D eigenvalue weighted by atomic mass is 16.6. The molecular weight excluding hydrogens is 304 g/mol. The number of nitrogen functional groups attached to an aromatic ring is 1. The molecule has 0 bridgehead atoms. The van der Waals surface area contributed by atoms with E-state index < -0.39 is 36.1 Å². The van der Waals surface area contributed by atoms with E-state index in [2.05, 4.69) is 4.98 Å². The Morgan fingerprint density at radius 3 is 2.91 bits per heavy atom. The van der Waals surface area contributed by atoms with Crippen LogP contribution in [-0.2, 0) is 14.3 Å². The first kappa shape index (κ1) is 17.4. The van der Waals surface area contributed by atoms with Gasteiger partial charge in [-0.05, 0) is 12.0 Å². The minimum absolute atomic E-state index is 0.0518. The van der Waals surface area contributed by atoms with Crippen LogP contribution in [0.15, 0.2) is 17.1 Å². The molecule has 9 heteroatoms. The fourth-order valence-corrected chi connectivity index (χ4v) is 2.21. The van der Waals surface area contributed by atoms with Crippen LogP contribution in [-0.4, -0.2) is 45.5 Å². The van der Waals surface area contributed by atoms with Gasteiger partial charge >= 0.3 is 11.7 Å². The summed E-state index contributed by atoms with van der Waals surface area (Å²) in [6.45, 7) is 3.49. The zero-order chi connectivity index (χ0) is 17.1. The molecule has 1 aliphatic rings. The molecule has 2 rings (SSSR count). The van der Waals surface area contributed by atoms with Crippen molar-refractivity contribution in [3.63, 3.8) is 0 Å². The average Bonchev–Trinajstić information content (AvgIpc) is 2.84.